The van der Waals surface area contributed by atoms with Crippen LogP contribution in [0.5, 0.6) is 0 Å². The summed E-state index contributed by atoms with van der Waals surface area (Å²) in [7, 11) is -3.63. The normalized spacial score (nSPS) is 10.8. The van der Waals surface area contributed by atoms with Gasteiger partial charge in [0.25, 0.3) is 0 Å². The lowest BCUT2D eigenvalue weighted by Gasteiger charge is -2.09. The van der Waals surface area contributed by atoms with Crippen LogP contribution in [0, 0.1) is 0 Å². The molecule has 0 atom stereocenters. The van der Waals surface area contributed by atoms with Gasteiger partial charge in [-0.1, -0.05) is 18.2 Å². The number of benzene rings is 1. The van der Waals surface area contributed by atoms with E-state index in [0.717, 1.165) is 0 Å². The van der Waals surface area contributed by atoms with Crippen LogP contribution < -0.4 is 9.44 Å². The van der Waals surface area contributed by atoms with Gasteiger partial charge in [-0.2, -0.15) is 8.42 Å². The van der Waals surface area contributed by atoms with Crippen molar-refractivity contribution in [3.63, 3.8) is 0 Å². The zero-order valence-corrected chi connectivity index (χ0v) is 9.68. The molecule has 88 valence electrons. The second kappa shape index (κ2) is 4.84. The Kier molecular flexibility index (Phi) is 3.24. The van der Waals surface area contributed by atoms with Crippen molar-refractivity contribution in [3.05, 3.63) is 54.9 Å². The van der Waals surface area contributed by atoms with Crippen molar-refractivity contribution in [2.45, 2.75) is 0 Å². The third kappa shape index (κ3) is 3.46. The Morgan fingerprint density at radius 2 is 1.53 bits per heavy atom. The Bertz CT molecular complexity index is 523. The van der Waals surface area contributed by atoms with Gasteiger partial charge in [-0.25, -0.2) is 0 Å². The van der Waals surface area contributed by atoms with E-state index in [9.17, 15) is 8.42 Å². The van der Waals surface area contributed by atoms with Crippen LogP contribution in [-0.2, 0) is 10.2 Å². The second-order valence-corrected chi connectivity index (χ2v) is 4.73. The molecule has 1 heterocycles. The van der Waals surface area contributed by atoms with Crippen LogP contribution in [0.25, 0.3) is 0 Å². The summed E-state index contributed by atoms with van der Waals surface area (Å²) in [5.74, 6) is 0. The predicted molar refractivity (Wildman–Crippen MR) is 66.8 cm³/mol. The van der Waals surface area contributed by atoms with Crippen molar-refractivity contribution in [1.29, 1.82) is 0 Å². The van der Waals surface area contributed by atoms with Crippen molar-refractivity contribution in [1.82, 2.24) is 4.98 Å². The van der Waals surface area contributed by atoms with Gasteiger partial charge in [0.1, 0.15) is 0 Å². The molecular weight excluding hydrogens is 238 g/mol. The molecule has 6 heteroatoms. The summed E-state index contributed by atoms with van der Waals surface area (Å²) in [6.45, 7) is 0. The Morgan fingerprint density at radius 3 is 2.18 bits per heavy atom. The molecule has 0 aliphatic heterocycles. The average molecular weight is 249 g/mol. The van der Waals surface area contributed by atoms with Crippen molar-refractivity contribution >= 4 is 21.6 Å². The van der Waals surface area contributed by atoms with Gasteiger partial charge in [-0.15, -0.1) is 0 Å². The number of hydrogen-bond donors (Lipinski definition) is 2. The van der Waals surface area contributed by atoms with Crippen molar-refractivity contribution in [2.75, 3.05) is 9.44 Å². The summed E-state index contributed by atoms with van der Waals surface area (Å²) in [4.78, 5) is 3.82. The lowest BCUT2D eigenvalue weighted by Crippen LogP contribution is -2.21. The summed E-state index contributed by atoms with van der Waals surface area (Å²) in [6.07, 6.45) is 3.01. The molecule has 5 nitrogen and oxygen atoms in total. The summed E-state index contributed by atoms with van der Waals surface area (Å²) in [5, 5.41) is 0. The maximum Gasteiger partial charge on any atom is 0.321 e. The Balaban J connectivity index is 2.11. The Hall–Kier alpha value is -2.08. The molecule has 0 saturated heterocycles. The first-order chi connectivity index (χ1) is 8.16. The van der Waals surface area contributed by atoms with Crippen LogP contribution in [0.15, 0.2) is 54.9 Å². The summed E-state index contributed by atoms with van der Waals surface area (Å²) in [6, 6.07) is 11.9. The topological polar surface area (TPSA) is 71.1 Å². The minimum atomic E-state index is -3.63. The van der Waals surface area contributed by atoms with Crippen LogP contribution in [-0.4, -0.2) is 13.4 Å². The third-order valence-corrected chi connectivity index (χ3v) is 2.95. The number of rotatable bonds is 4. The number of pyridine rings is 1. The van der Waals surface area contributed by atoms with Gasteiger partial charge in [0, 0.05) is 6.20 Å². The first-order valence-electron chi connectivity index (χ1n) is 4.91. The fraction of sp³-hybridized carbons (Fsp3) is 0. The predicted octanol–water partition coefficient (Wildman–Crippen LogP) is 1.85. The molecule has 17 heavy (non-hydrogen) atoms. The maximum absolute atomic E-state index is 11.7. The minimum absolute atomic E-state index is 0.413. The Labute approximate surface area is 99.7 Å². The molecule has 0 aliphatic carbocycles. The first kappa shape index (κ1) is 11.4. The van der Waals surface area contributed by atoms with E-state index in [1.165, 1.54) is 6.20 Å². The molecule has 2 rings (SSSR count). The van der Waals surface area contributed by atoms with E-state index < -0.39 is 10.2 Å². The first-order valence-corrected chi connectivity index (χ1v) is 6.40. The molecule has 2 aromatic rings. The van der Waals surface area contributed by atoms with Gasteiger partial charge in [-0.3, -0.25) is 14.4 Å². The summed E-state index contributed by atoms with van der Waals surface area (Å²) >= 11 is 0. The van der Waals surface area contributed by atoms with Crippen molar-refractivity contribution in [2.24, 2.45) is 0 Å². The van der Waals surface area contributed by atoms with E-state index in [1.807, 2.05) is 6.07 Å². The van der Waals surface area contributed by atoms with E-state index >= 15 is 0 Å². The molecule has 0 bridgehead atoms. The molecule has 2 N–H and O–H groups in total. The molecule has 0 aliphatic rings. The molecule has 1 aromatic heterocycles. The monoisotopic (exact) mass is 249 g/mol. The highest BCUT2D eigenvalue weighted by Gasteiger charge is 2.09. The van der Waals surface area contributed by atoms with Gasteiger partial charge in [0.05, 0.1) is 17.6 Å². The SMILES string of the molecule is O=S(=O)(Nc1ccccc1)Nc1cccnc1. The van der Waals surface area contributed by atoms with Gasteiger partial charge in [0.15, 0.2) is 0 Å². The van der Waals surface area contributed by atoms with E-state index in [0.29, 0.717) is 11.4 Å². The van der Waals surface area contributed by atoms with Crippen LogP contribution in [0.3, 0.4) is 0 Å². The molecule has 0 unspecified atom stereocenters. The van der Waals surface area contributed by atoms with E-state index in [4.69, 9.17) is 0 Å². The van der Waals surface area contributed by atoms with Gasteiger partial charge in [-0.05, 0) is 24.3 Å². The quantitative estimate of drug-likeness (QED) is 0.868. The zero-order valence-electron chi connectivity index (χ0n) is 8.87. The van der Waals surface area contributed by atoms with Crippen LogP contribution in [0.1, 0.15) is 0 Å². The minimum Gasteiger partial charge on any atom is -0.267 e. The number of para-hydroxylation sites is 1. The van der Waals surface area contributed by atoms with Gasteiger partial charge < -0.3 is 0 Å². The number of aromatic nitrogens is 1. The number of hydrogen-bond acceptors (Lipinski definition) is 3. The lowest BCUT2D eigenvalue weighted by molar-refractivity contribution is 0.606. The molecule has 0 spiro atoms. The van der Waals surface area contributed by atoms with Gasteiger partial charge >= 0.3 is 10.2 Å². The molecule has 1 aromatic carbocycles. The smallest absolute Gasteiger partial charge is 0.267 e. The summed E-state index contributed by atoms with van der Waals surface area (Å²) in [5.41, 5.74) is 0.917. The van der Waals surface area contributed by atoms with E-state index in [1.54, 1.807) is 42.6 Å². The van der Waals surface area contributed by atoms with E-state index in [2.05, 4.69) is 14.4 Å². The van der Waals surface area contributed by atoms with E-state index in [-0.39, 0.29) is 0 Å². The largest absolute Gasteiger partial charge is 0.321 e. The standard InChI is InChI=1S/C11H11N3O2S/c15-17(16,13-10-5-2-1-3-6-10)14-11-7-4-8-12-9-11/h1-9,13-14H. The van der Waals surface area contributed by atoms with Gasteiger partial charge in [0.2, 0.25) is 0 Å². The molecule has 0 amide bonds. The fourth-order valence-corrected chi connectivity index (χ4v) is 2.19. The highest BCUT2D eigenvalue weighted by molar-refractivity contribution is 7.94. The summed E-state index contributed by atoms with van der Waals surface area (Å²) < 4.78 is 28.2. The maximum atomic E-state index is 11.7. The number of anilines is 2. The van der Waals surface area contributed by atoms with Crippen LogP contribution >= 0.6 is 0 Å². The zero-order chi connectivity index (χ0) is 12.1. The fourth-order valence-electron chi connectivity index (χ4n) is 1.27. The van der Waals surface area contributed by atoms with Crippen molar-refractivity contribution < 1.29 is 8.42 Å². The highest BCUT2D eigenvalue weighted by atomic mass is 32.2. The average Bonchev–Trinajstić information content (AvgIpc) is 2.30. The molecule has 0 saturated carbocycles. The number of nitrogens with zero attached hydrogens (tertiary/aromatic N) is 1. The number of nitrogens with one attached hydrogen (secondary N) is 2. The Morgan fingerprint density at radius 1 is 0.882 bits per heavy atom. The van der Waals surface area contributed by atoms with Crippen LogP contribution in [0.2, 0.25) is 0 Å². The third-order valence-electron chi connectivity index (χ3n) is 1.94. The molecule has 0 fully saturated rings. The second-order valence-electron chi connectivity index (χ2n) is 3.32. The molecule has 0 radical (unpaired) electrons. The highest BCUT2D eigenvalue weighted by Crippen LogP contribution is 2.10. The van der Waals surface area contributed by atoms with Crippen LogP contribution in [0.4, 0.5) is 11.4 Å². The van der Waals surface area contributed by atoms with Crippen molar-refractivity contribution in [3.8, 4) is 0 Å². The lowest BCUT2D eigenvalue weighted by atomic mass is 10.3. The molecular formula is C11H11N3O2S.